The number of rotatable bonds is 11. The molecule has 1 atom stereocenters. The van der Waals surface area contributed by atoms with E-state index in [0.717, 1.165) is 18.2 Å². The smallest absolute Gasteiger partial charge is 0.294 e. The van der Waals surface area contributed by atoms with Crippen molar-refractivity contribution < 1.29 is 41.8 Å². The molecule has 0 saturated carbocycles. The van der Waals surface area contributed by atoms with Gasteiger partial charge in [0, 0.05) is 24.2 Å². The Hall–Kier alpha value is -3.47. The molecule has 15 heteroatoms. The fraction of sp³-hybridized carbons (Fsp3) is 0.190. The monoisotopic (exact) mass is 537 g/mol. The van der Waals surface area contributed by atoms with Crippen molar-refractivity contribution in [3.8, 4) is 5.75 Å². The topological polar surface area (TPSA) is 212 Å². The molecule has 0 bridgehead atoms. The highest BCUT2D eigenvalue weighted by atomic mass is 32.2. The van der Waals surface area contributed by atoms with E-state index < -0.39 is 42.4 Å². The van der Waals surface area contributed by atoms with Crippen molar-refractivity contribution >= 4 is 61.1 Å². The third kappa shape index (κ3) is 6.01. The van der Waals surface area contributed by atoms with Crippen LogP contribution in [0, 0.1) is 0 Å². The maximum atomic E-state index is 11.9. The van der Waals surface area contributed by atoms with E-state index in [0.29, 0.717) is 18.8 Å². The van der Waals surface area contributed by atoms with Gasteiger partial charge >= 0.3 is 0 Å². The van der Waals surface area contributed by atoms with Crippen molar-refractivity contribution in [3.63, 3.8) is 0 Å². The Bertz CT molecular complexity index is 1420. The summed E-state index contributed by atoms with van der Waals surface area (Å²) in [6.07, 6.45) is 0.210. The summed E-state index contributed by atoms with van der Waals surface area (Å²) in [7, 11) is -4.72. The Morgan fingerprint density at radius 3 is 2.22 bits per heavy atom. The van der Waals surface area contributed by atoms with Crippen LogP contribution >= 0.6 is 0 Å². The van der Waals surface area contributed by atoms with E-state index >= 15 is 0 Å². The van der Waals surface area contributed by atoms with E-state index in [2.05, 4.69) is 15.5 Å². The fourth-order valence-corrected chi connectivity index (χ4v) is 4.52. The van der Waals surface area contributed by atoms with Crippen molar-refractivity contribution in [1.29, 1.82) is 0 Å². The van der Waals surface area contributed by atoms with Crippen molar-refractivity contribution in [2.45, 2.75) is 9.79 Å². The normalized spacial score (nSPS) is 12.7. The van der Waals surface area contributed by atoms with Crippen LogP contribution in [0.2, 0.25) is 0 Å². The molecule has 0 saturated heterocycles. The van der Waals surface area contributed by atoms with Gasteiger partial charge in [0.1, 0.15) is 5.69 Å². The molecule has 3 aromatic rings. The number of carbonyl (C=O) groups excluding carboxylic acids is 1. The predicted octanol–water partition coefficient (Wildman–Crippen LogP) is 1.80. The predicted molar refractivity (Wildman–Crippen MR) is 129 cm³/mol. The maximum absolute atomic E-state index is 11.9. The van der Waals surface area contributed by atoms with Gasteiger partial charge in [-0.15, -0.1) is 5.11 Å². The second kappa shape index (κ2) is 11.5. The molecular weight excluding hydrogens is 516 g/mol. The number of amides is 1. The summed E-state index contributed by atoms with van der Waals surface area (Å²) < 4.78 is 56.3. The van der Waals surface area contributed by atoms with Crippen LogP contribution in [0.25, 0.3) is 10.8 Å². The molecule has 192 valence electrons. The van der Waals surface area contributed by atoms with Crippen LogP contribution in [0.4, 0.5) is 22.7 Å². The molecule has 0 fully saturated rings. The van der Waals surface area contributed by atoms with E-state index in [1.54, 1.807) is 29.2 Å². The van der Waals surface area contributed by atoms with E-state index in [-0.39, 0.29) is 41.8 Å². The van der Waals surface area contributed by atoms with Gasteiger partial charge in [-0.3, -0.25) is 13.6 Å². The standard InChI is InChI=1S/C21H22N4O9S2/c26-7-5-25(6-8-27)15-3-1-14(2-4-15)23-24-20-18(35(30)31)10-13-9-16(36(32,33)34)11-17(22-12-28)19(13)21(20)29/h1-4,9-12,26-27,29H,5-8H2,(H,22,28)(H,30,31)(H,32,33,34)/p-1. The fourth-order valence-electron chi connectivity index (χ4n) is 3.46. The van der Waals surface area contributed by atoms with Gasteiger partial charge in [0.05, 0.1) is 34.4 Å². The molecule has 0 heterocycles. The molecule has 0 radical (unpaired) electrons. The van der Waals surface area contributed by atoms with Gasteiger partial charge in [-0.05, 0) is 58.9 Å². The Balaban J connectivity index is 2.11. The van der Waals surface area contributed by atoms with Crippen LogP contribution < -0.4 is 10.2 Å². The van der Waals surface area contributed by atoms with Gasteiger partial charge in [-0.2, -0.15) is 13.5 Å². The van der Waals surface area contributed by atoms with Gasteiger partial charge in [0.25, 0.3) is 10.1 Å². The molecule has 3 aromatic carbocycles. The average Bonchev–Trinajstić information content (AvgIpc) is 2.82. The zero-order chi connectivity index (χ0) is 26.5. The molecule has 1 amide bonds. The number of carbonyl (C=O) groups is 1. The summed E-state index contributed by atoms with van der Waals surface area (Å²) in [4.78, 5) is 11.6. The number of fused-ring (bicyclic) bond motifs is 1. The molecule has 0 aliphatic heterocycles. The van der Waals surface area contributed by atoms with Crippen molar-refractivity contribution in [2.75, 3.05) is 36.5 Å². The maximum Gasteiger partial charge on any atom is 0.294 e. The molecule has 5 N–H and O–H groups in total. The summed E-state index contributed by atoms with van der Waals surface area (Å²) >= 11 is -2.94. The van der Waals surface area contributed by atoms with E-state index in [9.17, 15) is 41.8 Å². The van der Waals surface area contributed by atoms with Gasteiger partial charge in [-0.1, -0.05) is 0 Å². The molecule has 0 aliphatic rings. The van der Waals surface area contributed by atoms with Gasteiger partial charge in [-0.25, -0.2) is 0 Å². The average molecular weight is 538 g/mol. The summed E-state index contributed by atoms with van der Waals surface area (Å²) in [5, 5.41) is 39.0. The number of aromatic hydroxyl groups is 1. The Morgan fingerprint density at radius 1 is 1.06 bits per heavy atom. The number of hydrogen-bond acceptors (Lipinski definition) is 11. The number of hydrogen-bond donors (Lipinski definition) is 5. The van der Waals surface area contributed by atoms with Crippen molar-refractivity contribution in [2.24, 2.45) is 10.2 Å². The number of anilines is 2. The lowest BCUT2D eigenvalue weighted by atomic mass is 10.1. The van der Waals surface area contributed by atoms with Crippen molar-refractivity contribution in [1.82, 2.24) is 0 Å². The third-order valence-corrected chi connectivity index (χ3v) is 6.54. The number of phenolic OH excluding ortho intramolecular Hbond substituents is 1. The molecule has 0 aromatic heterocycles. The minimum absolute atomic E-state index is 0.109. The number of aliphatic hydroxyl groups is 2. The molecule has 3 rings (SSSR count). The zero-order valence-electron chi connectivity index (χ0n) is 18.4. The number of nitrogens with zero attached hydrogens (tertiary/aromatic N) is 3. The molecular formula is C21H21N4O9S2-. The SMILES string of the molecule is O=CNc1cc(S(=O)(=O)O)cc2cc(S(=O)[O-])c(N=Nc3ccc(N(CCO)CCO)cc3)c(O)c12. The lowest BCUT2D eigenvalue weighted by molar-refractivity contribution is -0.105. The zero-order valence-corrected chi connectivity index (χ0v) is 20.1. The van der Waals surface area contributed by atoms with E-state index in [1.807, 2.05) is 0 Å². The summed E-state index contributed by atoms with van der Waals surface area (Å²) in [6.45, 7) is 0.345. The van der Waals surface area contributed by atoms with Crippen LogP contribution in [0.5, 0.6) is 5.75 Å². The molecule has 13 nitrogen and oxygen atoms in total. The summed E-state index contributed by atoms with van der Waals surface area (Å²) in [5.41, 5.74) is 0.285. The second-order valence-electron chi connectivity index (χ2n) is 7.26. The number of benzene rings is 3. The first-order valence-corrected chi connectivity index (χ1v) is 12.7. The van der Waals surface area contributed by atoms with Crippen LogP contribution in [0.1, 0.15) is 0 Å². The van der Waals surface area contributed by atoms with E-state index in [1.165, 1.54) is 0 Å². The summed E-state index contributed by atoms with van der Waals surface area (Å²) in [6, 6.07) is 9.23. The number of azo groups is 1. The second-order valence-corrected chi connectivity index (χ2v) is 9.59. The van der Waals surface area contributed by atoms with Crippen LogP contribution in [0.3, 0.4) is 0 Å². The summed E-state index contributed by atoms with van der Waals surface area (Å²) in [5.74, 6) is -0.699. The molecule has 1 unspecified atom stereocenters. The highest BCUT2D eigenvalue weighted by Crippen LogP contribution is 2.44. The lowest BCUT2D eigenvalue weighted by Gasteiger charge is -2.22. The van der Waals surface area contributed by atoms with Crippen LogP contribution in [0.15, 0.2) is 62.5 Å². The van der Waals surface area contributed by atoms with Crippen LogP contribution in [-0.2, 0) is 26.0 Å². The first-order valence-electron chi connectivity index (χ1n) is 10.2. The highest BCUT2D eigenvalue weighted by molar-refractivity contribution is 7.85. The molecule has 0 spiro atoms. The number of nitrogens with one attached hydrogen (secondary N) is 1. The van der Waals surface area contributed by atoms with Gasteiger partial charge in [0.2, 0.25) is 6.41 Å². The number of aliphatic hydroxyl groups excluding tert-OH is 2. The molecule has 0 aliphatic carbocycles. The Labute approximate surface area is 207 Å². The van der Waals surface area contributed by atoms with Crippen molar-refractivity contribution in [3.05, 3.63) is 42.5 Å². The third-order valence-electron chi connectivity index (χ3n) is 5.04. The molecule has 36 heavy (non-hydrogen) atoms. The highest BCUT2D eigenvalue weighted by Gasteiger charge is 2.20. The Morgan fingerprint density at radius 2 is 1.69 bits per heavy atom. The Kier molecular flexibility index (Phi) is 8.67. The van der Waals surface area contributed by atoms with Crippen LogP contribution in [-0.4, -0.2) is 69.8 Å². The quantitative estimate of drug-likeness (QED) is 0.103. The lowest BCUT2D eigenvalue weighted by Crippen LogP contribution is -2.29. The van der Waals surface area contributed by atoms with E-state index in [4.69, 9.17) is 0 Å². The first-order chi connectivity index (χ1) is 17.1. The largest absolute Gasteiger partial charge is 0.768 e. The minimum atomic E-state index is -4.72. The van der Waals surface area contributed by atoms with Gasteiger partial charge < -0.3 is 30.1 Å². The first kappa shape index (κ1) is 27.1. The van der Waals surface area contributed by atoms with Gasteiger partial charge in [0.15, 0.2) is 5.75 Å². The minimum Gasteiger partial charge on any atom is -0.768 e. The number of phenols is 1.